The Kier molecular flexibility index (Phi) is 4.46. The van der Waals surface area contributed by atoms with Gasteiger partial charge in [0.25, 0.3) is 0 Å². The molecule has 0 bridgehead atoms. The highest BCUT2D eigenvalue weighted by Crippen LogP contribution is 2.19. The van der Waals surface area contributed by atoms with Crippen LogP contribution >= 0.6 is 0 Å². The van der Waals surface area contributed by atoms with Crippen LogP contribution in [0.4, 0.5) is 0 Å². The lowest BCUT2D eigenvalue weighted by Gasteiger charge is -2.16. The van der Waals surface area contributed by atoms with E-state index in [9.17, 15) is 15.0 Å². The van der Waals surface area contributed by atoms with E-state index in [1.807, 2.05) is 19.1 Å². The minimum atomic E-state index is -1.15. The lowest BCUT2D eigenvalue weighted by Crippen LogP contribution is -2.25. The summed E-state index contributed by atoms with van der Waals surface area (Å²) in [4.78, 5) is 10.6. The summed E-state index contributed by atoms with van der Waals surface area (Å²) in [5.74, 6) is -0.628. The molecule has 0 spiro atoms. The zero-order valence-electron chi connectivity index (χ0n) is 9.26. The molecule has 2 atom stereocenters. The van der Waals surface area contributed by atoms with Crippen LogP contribution < -0.4 is 5.73 Å². The number of primary amides is 1. The van der Waals surface area contributed by atoms with Gasteiger partial charge in [-0.05, 0) is 17.5 Å². The summed E-state index contributed by atoms with van der Waals surface area (Å²) in [6.45, 7) is 2.04. The molecule has 4 nitrogen and oxygen atoms in total. The van der Waals surface area contributed by atoms with Gasteiger partial charge in [0.1, 0.15) is 6.10 Å². The van der Waals surface area contributed by atoms with Crippen LogP contribution in [0.15, 0.2) is 24.3 Å². The molecule has 0 saturated heterocycles. The second-order valence-corrected chi connectivity index (χ2v) is 3.78. The second-order valence-electron chi connectivity index (χ2n) is 3.78. The number of aliphatic hydroxyl groups is 2. The zero-order chi connectivity index (χ0) is 12.1. The number of aliphatic hydroxyl groups excluding tert-OH is 2. The smallest absolute Gasteiger partial charge is 0.220 e. The predicted octanol–water partition coefficient (Wildman–Crippen LogP) is 0.519. The van der Waals surface area contributed by atoms with Crippen molar-refractivity contribution in [2.24, 2.45) is 5.73 Å². The van der Waals surface area contributed by atoms with Gasteiger partial charge in [-0.25, -0.2) is 0 Å². The van der Waals surface area contributed by atoms with Crippen LogP contribution in [0, 0.1) is 0 Å². The van der Waals surface area contributed by atoms with Gasteiger partial charge >= 0.3 is 0 Å². The molecule has 1 aromatic rings. The number of rotatable bonds is 5. The monoisotopic (exact) mass is 223 g/mol. The first-order valence-corrected chi connectivity index (χ1v) is 5.28. The van der Waals surface area contributed by atoms with Crippen molar-refractivity contribution in [1.82, 2.24) is 0 Å². The van der Waals surface area contributed by atoms with Crippen molar-refractivity contribution in [3.8, 4) is 0 Å². The van der Waals surface area contributed by atoms with Crippen molar-refractivity contribution < 1.29 is 15.0 Å². The molecule has 0 aliphatic heterocycles. The molecule has 0 heterocycles. The van der Waals surface area contributed by atoms with Crippen molar-refractivity contribution >= 4 is 5.91 Å². The maximum Gasteiger partial charge on any atom is 0.220 e. The molecule has 1 amide bonds. The quantitative estimate of drug-likeness (QED) is 0.680. The van der Waals surface area contributed by atoms with Crippen molar-refractivity contribution in [3.63, 3.8) is 0 Å². The van der Waals surface area contributed by atoms with E-state index in [-0.39, 0.29) is 6.42 Å². The molecule has 88 valence electrons. The van der Waals surface area contributed by atoms with E-state index in [0.29, 0.717) is 5.56 Å². The second kappa shape index (κ2) is 5.63. The molecular weight excluding hydrogens is 206 g/mol. The average molecular weight is 223 g/mol. The molecule has 0 fully saturated rings. The molecule has 0 aliphatic carbocycles. The SMILES string of the molecule is CCc1ccc(C(O)C(O)CC(N)=O)cc1. The van der Waals surface area contributed by atoms with E-state index >= 15 is 0 Å². The highest BCUT2D eigenvalue weighted by Gasteiger charge is 2.19. The van der Waals surface area contributed by atoms with Gasteiger partial charge in [0.2, 0.25) is 5.91 Å². The van der Waals surface area contributed by atoms with E-state index in [1.165, 1.54) is 0 Å². The van der Waals surface area contributed by atoms with Crippen LogP contribution in [-0.2, 0) is 11.2 Å². The van der Waals surface area contributed by atoms with Crippen LogP contribution in [0.1, 0.15) is 30.6 Å². The van der Waals surface area contributed by atoms with Gasteiger partial charge in [-0.3, -0.25) is 4.79 Å². The predicted molar refractivity (Wildman–Crippen MR) is 60.6 cm³/mol. The summed E-state index contributed by atoms with van der Waals surface area (Å²) in [7, 11) is 0. The summed E-state index contributed by atoms with van der Waals surface area (Å²) < 4.78 is 0. The van der Waals surface area contributed by atoms with E-state index in [1.54, 1.807) is 12.1 Å². The van der Waals surface area contributed by atoms with Crippen molar-refractivity contribution in [3.05, 3.63) is 35.4 Å². The van der Waals surface area contributed by atoms with Gasteiger partial charge in [0, 0.05) is 0 Å². The minimum Gasteiger partial charge on any atom is -0.390 e. The highest BCUT2D eigenvalue weighted by molar-refractivity contribution is 5.74. The molecule has 4 N–H and O–H groups in total. The maximum atomic E-state index is 10.6. The maximum absolute atomic E-state index is 10.6. The normalized spacial score (nSPS) is 14.4. The molecule has 1 rings (SSSR count). The lowest BCUT2D eigenvalue weighted by atomic mass is 10.0. The number of hydrogen-bond donors (Lipinski definition) is 3. The molecular formula is C12H17NO3. The zero-order valence-corrected chi connectivity index (χ0v) is 9.26. The minimum absolute atomic E-state index is 0.239. The molecule has 16 heavy (non-hydrogen) atoms. The molecule has 0 radical (unpaired) electrons. The number of hydrogen-bond acceptors (Lipinski definition) is 3. The Bertz CT molecular complexity index is 348. The summed E-state index contributed by atoms with van der Waals surface area (Å²) in [5.41, 5.74) is 6.69. The summed E-state index contributed by atoms with van der Waals surface area (Å²) in [6.07, 6.45) is -1.54. The Morgan fingerprint density at radius 1 is 1.31 bits per heavy atom. The first-order chi connectivity index (χ1) is 7.54. The van der Waals surface area contributed by atoms with Crippen LogP contribution in [0.2, 0.25) is 0 Å². The molecule has 0 aromatic heterocycles. The number of carbonyl (C=O) groups excluding carboxylic acids is 1. The topological polar surface area (TPSA) is 83.6 Å². The summed E-state index contributed by atoms with van der Waals surface area (Å²) in [5, 5.41) is 19.3. The van der Waals surface area contributed by atoms with Crippen molar-refractivity contribution in [2.45, 2.75) is 32.0 Å². The summed E-state index contributed by atoms with van der Waals surface area (Å²) in [6, 6.07) is 7.26. The number of aryl methyl sites for hydroxylation is 1. The number of nitrogens with two attached hydrogens (primary N) is 1. The van der Waals surface area contributed by atoms with Gasteiger partial charge < -0.3 is 15.9 Å². The molecule has 0 saturated carbocycles. The molecule has 2 unspecified atom stereocenters. The molecule has 1 aromatic carbocycles. The number of amides is 1. The van der Waals surface area contributed by atoms with Gasteiger partial charge in [0.15, 0.2) is 0 Å². The van der Waals surface area contributed by atoms with E-state index in [4.69, 9.17) is 5.73 Å². The standard InChI is InChI=1S/C12H17NO3/c1-2-8-3-5-9(6-4-8)12(16)10(14)7-11(13)15/h3-6,10,12,14,16H,2,7H2,1H3,(H2,13,15). The Balaban J connectivity index is 2.71. The molecule has 4 heteroatoms. The number of benzene rings is 1. The largest absolute Gasteiger partial charge is 0.390 e. The fraction of sp³-hybridized carbons (Fsp3) is 0.417. The Labute approximate surface area is 94.7 Å². The van der Waals surface area contributed by atoms with Gasteiger partial charge in [-0.2, -0.15) is 0 Å². The fourth-order valence-corrected chi connectivity index (χ4v) is 1.49. The van der Waals surface area contributed by atoms with Crippen LogP contribution in [0.5, 0.6) is 0 Å². The third-order valence-electron chi connectivity index (χ3n) is 2.50. The number of carbonyl (C=O) groups is 1. The average Bonchev–Trinajstić information content (AvgIpc) is 2.27. The van der Waals surface area contributed by atoms with Gasteiger partial charge in [0.05, 0.1) is 12.5 Å². The lowest BCUT2D eigenvalue weighted by molar-refractivity contribution is -0.121. The van der Waals surface area contributed by atoms with Gasteiger partial charge in [-0.15, -0.1) is 0 Å². The fourth-order valence-electron chi connectivity index (χ4n) is 1.49. The van der Waals surface area contributed by atoms with Crippen LogP contribution in [-0.4, -0.2) is 22.2 Å². The Morgan fingerprint density at radius 3 is 2.31 bits per heavy atom. The van der Waals surface area contributed by atoms with E-state index < -0.39 is 18.1 Å². The van der Waals surface area contributed by atoms with Crippen LogP contribution in [0.25, 0.3) is 0 Å². The van der Waals surface area contributed by atoms with Crippen molar-refractivity contribution in [2.75, 3.05) is 0 Å². The van der Waals surface area contributed by atoms with E-state index in [0.717, 1.165) is 12.0 Å². The van der Waals surface area contributed by atoms with Gasteiger partial charge in [-0.1, -0.05) is 31.2 Å². The first kappa shape index (κ1) is 12.7. The third-order valence-corrected chi connectivity index (χ3v) is 2.50. The third kappa shape index (κ3) is 3.32. The first-order valence-electron chi connectivity index (χ1n) is 5.28. The summed E-state index contributed by atoms with van der Waals surface area (Å²) >= 11 is 0. The van der Waals surface area contributed by atoms with Crippen molar-refractivity contribution in [1.29, 1.82) is 0 Å². The van der Waals surface area contributed by atoms with E-state index in [2.05, 4.69) is 0 Å². The van der Waals surface area contributed by atoms with Crippen LogP contribution in [0.3, 0.4) is 0 Å². The Morgan fingerprint density at radius 2 is 1.88 bits per heavy atom. The highest BCUT2D eigenvalue weighted by atomic mass is 16.3. The molecule has 0 aliphatic rings. The Hall–Kier alpha value is -1.39.